The predicted octanol–water partition coefficient (Wildman–Crippen LogP) is 1.57. The van der Waals surface area contributed by atoms with Crippen molar-refractivity contribution in [1.29, 1.82) is 0 Å². The number of amides is 1. The lowest BCUT2D eigenvalue weighted by molar-refractivity contribution is -0.121. The highest BCUT2D eigenvalue weighted by atomic mass is 16.3. The van der Waals surface area contributed by atoms with E-state index in [0.29, 0.717) is 12.8 Å². The molecule has 1 aromatic carbocycles. The first-order chi connectivity index (χ1) is 8.61. The van der Waals surface area contributed by atoms with E-state index in [9.17, 15) is 4.79 Å². The fourth-order valence-electron chi connectivity index (χ4n) is 1.72. The number of phenolic OH excluding ortho intramolecular Hbond substituents is 1. The number of phenols is 1. The molecule has 1 unspecified atom stereocenters. The summed E-state index contributed by atoms with van der Waals surface area (Å²) in [5, 5.41) is 12.0. The fraction of sp³-hybridized carbons (Fsp3) is 0.500. The molecule has 100 valence electrons. The third-order valence-electron chi connectivity index (χ3n) is 2.73. The van der Waals surface area contributed by atoms with E-state index in [1.807, 2.05) is 12.1 Å². The Labute approximate surface area is 108 Å². The molecule has 1 aromatic rings. The van der Waals surface area contributed by atoms with Crippen LogP contribution in [0.15, 0.2) is 24.3 Å². The zero-order valence-corrected chi connectivity index (χ0v) is 10.9. The van der Waals surface area contributed by atoms with Crippen LogP contribution in [0.5, 0.6) is 5.75 Å². The lowest BCUT2D eigenvalue weighted by Crippen LogP contribution is -2.33. The standard InChI is InChI=1S/C14H22N2O2/c1-2-3-8-16-14(18)10-12(15)9-11-4-6-13(17)7-5-11/h4-7,12,17H,2-3,8-10,15H2,1H3,(H,16,18). The summed E-state index contributed by atoms with van der Waals surface area (Å²) in [6.07, 6.45) is 3.05. The maximum absolute atomic E-state index is 11.5. The lowest BCUT2D eigenvalue weighted by Gasteiger charge is -2.11. The Balaban J connectivity index is 2.30. The van der Waals surface area contributed by atoms with Crippen LogP contribution in [-0.2, 0) is 11.2 Å². The van der Waals surface area contributed by atoms with Crippen LogP contribution in [0.2, 0.25) is 0 Å². The molecule has 4 heteroatoms. The van der Waals surface area contributed by atoms with Crippen molar-refractivity contribution < 1.29 is 9.90 Å². The van der Waals surface area contributed by atoms with E-state index in [0.717, 1.165) is 24.9 Å². The highest BCUT2D eigenvalue weighted by molar-refractivity contribution is 5.76. The third kappa shape index (κ3) is 5.68. The largest absolute Gasteiger partial charge is 0.508 e. The molecular formula is C14H22N2O2. The maximum atomic E-state index is 11.5. The summed E-state index contributed by atoms with van der Waals surface area (Å²) in [7, 11) is 0. The van der Waals surface area contributed by atoms with Crippen molar-refractivity contribution in [2.45, 2.75) is 38.6 Å². The van der Waals surface area contributed by atoms with E-state index < -0.39 is 0 Å². The molecule has 0 aromatic heterocycles. The average Bonchev–Trinajstić information content (AvgIpc) is 2.32. The van der Waals surface area contributed by atoms with Crippen LogP contribution in [0.3, 0.4) is 0 Å². The molecule has 0 bridgehead atoms. The minimum atomic E-state index is -0.184. The minimum absolute atomic E-state index is 0.00901. The molecule has 0 saturated carbocycles. The summed E-state index contributed by atoms with van der Waals surface area (Å²) >= 11 is 0. The number of hydrogen-bond acceptors (Lipinski definition) is 3. The van der Waals surface area contributed by atoms with E-state index >= 15 is 0 Å². The Morgan fingerprint density at radius 1 is 1.39 bits per heavy atom. The minimum Gasteiger partial charge on any atom is -0.508 e. The molecule has 1 atom stereocenters. The van der Waals surface area contributed by atoms with Crippen LogP contribution in [0.1, 0.15) is 31.7 Å². The first kappa shape index (κ1) is 14.5. The fourth-order valence-corrected chi connectivity index (χ4v) is 1.72. The van der Waals surface area contributed by atoms with Crippen molar-refractivity contribution in [2.24, 2.45) is 5.73 Å². The van der Waals surface area contributed by atoms with Gasteiger partial charge in [0.15, 0.2) is 0 Å². The molecule has 1 rings (SSSR count). The van der Waals surface area contributed by atoms with Gasteiger partial charge in [0.2, 0.25) is 5.91 Å². The summed E-state index contributed by atoms with van der Waals surface area (Å²) < 4.78 is 0. The van der Waals surface area contributed by atoms with Gasteiger partial charge in [0.1, 0.15) is 5.75 Å². The Morgan fingerprint density at radius 3 is 2.67 bits per heavy atom. The lowest BCUT2D eigenvalue weighted by atomic mass is 10.0. The van der Waals surface area contributed by atoms with Gasteiger partial charge in [0.25, 0.3) is 0 Å². The van der Waals surface area contributed by atoms with Crippen molar-refractivity contribution in [2.75, 3.05) is 6.54 Å². The van der Waals surface area contributed by atoms with Crippen molar-refractivity contribution in [1.82, 2.24) is 5.32 Å². The van der Waals surface area contributed by atoms with Gasteiger partial charge in [-0.15, -0.1) is 0 Å². The second kappa shape index (κ2) is 7.71. The Hall–Kier alpha value is -1.55. The molecule has 1 amide bonds. The van der Waals surface area contributed by atoms with E-state index in [1.54, 1.807) is 12.1 Å². The van der Waals surface area contributed by atoms with E-state index in [2.05, 4.69) is 12.2 Å². The van der Waals surface area contributed by atoms with Crippen LogP contribution in [0.25, 0.3) is 0 Å². The number of unbranched alkanes of at least 4 members (excludes halogenated alkanes) is 1. The SMILES string of the molecule is CCCCNC(=O)CC(N)Cc1ccc(O)cc1. The molecule has 0 radical (unpaired) electrons. The summed E-state index contributed by atoms with van der Waals surface area (Å²) in [6, 6.07) is 6.72. The number of benzene rings is 1. The summed E-state index contributed by atoms with van der Waals surface area (Å²) in [4.78, 5) is 11.5. The molecule has 18 heavy (non-hydrogen) atoms. The first-order valence-electron chi connectivity index (χ1n) is 6.42. The van der Waals surface area contributed by atoms with Gasteiger partial charge in [-0.05, 0) is 30.5 Å². The number of nitrogens with one attached hydrogen (secondary N) is 1. The van der Waals surface area contributed by atoms with E-state index in [-0.39, 0.29) is 17.7 Å². The van der Waals surface area contributed by atoms with Crippen molar-refractivity contribution in [3.8, 4) is 5.75 Å². The molecule has 0 spiro atoms. The molecule has 0 heterocycles. The highest BCUT2D eigenvalue weighted by Gasteiger charge is 2.09. The number of nitrogens with two attached hydrogens (primary N) is 1. The molecule has 0 fully saturated rings. The van der Waals surface area contributed by atoms with E-state index in [4.69, 9.17) is 10.8 Å². The topological polar surface area (TPSA) is 75.4 Å². The smallest absolute Gasteiger partial charge is 0.221 e. The predicted molar refractivity (Wildman–Crippen MR) is 72.3 cm³/mol. The van der Waals surface area contributed by atoms with Crippen molar-refractivity contribution in [3.63, 3.8) is 0 Å². The number of rotatable bonds is 7. The molecule has 0 aliphatic rings. The second-order valence-electron chi connectivity index (χ2n) is 4.54. The zero-order chi connectivity index (χ0) is 13.4. The zero-order valence-electron chi connectivity index (χ0n) is 10.9. The van der Waals surface area contributed by atoms with Gasteiger partial charge >= 0.3 is 0 Å². The quantitative estimate of drug-likeness (QED) is 0.643. The summed E-state index contributed by atoms with van der Waals surface area (Å²) in [6.45, 7) is 2.81. The molecule has 4 N–H and O–H groups in total. The van der Waals surface area contributed by atoms with Gasteiger partial charge in [0, 0.05) is 19.0 Å². The maximum Gasteiger partial charge on any atom is 0.221 e. The second-order valence-corrected chi connectivity index (χ2v) is 4.54. The average molecular weight is 250 g/mol. The summed E-state index contributed by atoms with van der Waals surface area (Å²) in [5.74, 6) is 0.249. The van der Waals surface area contributed by atoms with Crippen LogP contribution >= 0.6 is 0 Å². The van der Waals surface area contributed by atoms with Crippen LogP contribution in [-0.4, -0.2) is 23.6 Å². The van der Waals surface area contributed by atoms with Crippen molar-refractivity contribution >= 4 is 5.91 Å². The van der Waals surface area contributed by atoms with Gasteiger partial charge in [-0.25, -0.2) is 0 Å². The monoisotopic (exact) mass is 250 g/mol. The van der Waals surface area contributed by atoms with Crippen LogP contribution < -0.4 is 11.1 Å². The Morgan fingerprint density at radius 2 is 2.06 bits per heavy atom. The number of carbonyl (C=O) groups excluding carboxylic acids is 1. The Bertz CT molecular complexity index is 363. The summed E-state index contributed by atoms with van der Waals surface area (Å²) in [5.41, 5.74) is 6.95. The van der Waals surface area contributed by atoms with Gasteiger partial charge in [0.05, 0.1) is 0 Å². The first-order valence-corrected chi connectivity index (χ1v) is 6.42. The van der Waals surface area contributed by atoms with Crippen LogP contribution in [0, 0.1) is 0 Å². The van der Waals surface area contributed by atoms with Crippen molar-refractivity contribution in [3.05, 3.63) is 29.8 Å². The number of hydrogen-bond donors (Lipinski definition) is 3. The molecule has 0 saturated heterocycles. The van der Waals surface area contributed by atoms with Gasteiger partial charge in [-0.3, -0.25) is 4.79 Å². The molecule has 0 aliphatic heterocycles. The van der Waals surface area contributed by atoms with Gasteiger partial charge in [-0.1, -0.05) is 25.5 Å². The van der Waals surface area contributed by atoms with Gasteiger partial charge < -0.3 is 16.2 Å². The normalized spacial score (nSPS) is 12.1. The number of carbonyl (C=O) groups is 1. The van der Waals surface area contributed by atoms with Gasteiger partial charge in [-0.2, -0.15) is 0 Å². The van der Waals surface area contributed by atoms with Crippen LogP contribution in [0.4, 0.5) is 0 Å². The third-order valence-corrected chi connectivity index (χ3v) is 2.73. The molecule has 0 aliphatic carbocycles. The number of aromatic hydroxyl groups is 1. The Kier molecular flexibility index (Phi) is 6.22. The van der Waals surface area contributed by atoms with E-state index in [1.165, 1.54) is 0 Å². The molecular weight excluding hydrogens is 228 g/mol. The highest BCUT2D eigenvalue weighted by Crippen LogP contribution is 2.11. The molecule has 4 nitrogen and oxygen atoms in total.